The standard InChI is InChI=1S/C23H27N3O/c1-14-6-7-15(4-3-5-18(14)23(24)25)12-20-19-11-10-17(27-2)13-21(19)26-22(20)16-8-9-16/h3-5,7,10-11,13-14,16,26H,6,8-9,12H2,1-2H3,(H3,24,25)/b4-3-,15-7-,18-5+. The molecule has 4 rings (SSSR count). The topological polar surface area (TPSA) is 74.9 Å². The molecule has 2 aromatic rings. The van der Waals surface area contributed by atoms with Gasteiger partial charge in [0.1, 0.15) is 11.6 Å². The van der Waals surface area contributed by atoms with Crippen LogP contribution in [0.25, 0.3) is 10.9 Å². The number of ether oxygens (including phenoxy) is 1. The fourth-order valence-corrected chi connectivity index (χ4v) is 3.95. The fraction of sp³-hybridized carbons (Fsp3) is 0.348. The number of methoxy groups -OCH3 is 1. The molecule has 1 unspecified atom stereocenters. The van der Waals surface area contributed by atoms with Crippen molar-refractivity contribution in [3.8, 4) is 5.75 Å². The first-order valence-electron chi connectivity index (χ1n) is 9.67. The minimum atomic E-state index is 0.172. The Kier molecular flexibility index (Phi) is 4.65. The lowest BCUT2D eigenvalue weighted by Gasteiger charge is -2.15. The summed E-state index contributed by atoms with van der Waals surface area (Å²) < 4.78 is 5.39. The summed E-state index contributed by atoms with van der Waals surface area (Å²) in [6.07, 6.45) is 12.9. The molecule has 0 radical (unpaired) electrons. The highest BCUT2D eigenvalue weighted by Crippen LogP contribution is 2.44. The highest BCUT2D eigenvalue weighted by atomic mass is 16.5. The minimum Gasteiger partial charge on any atom is -0.497 e. The normalized spacial score (nSPS) is 25.0. The highest BCUT2D eigenvalue weighted by molar-refractivity contribution is 5.95. The van der Waals surface area contributed by atoms with Crippen molar-refractivity contribution in [2.24, 2.45) is 11.7 Å². The number of amidine groups is 1. The van der Waals surface area contributed by atoms with Crippen LogP contribution in [0.2, 0.25) is 0 Å². The first-order chi connectivity index (χ1) is 13.1. The summed E-state index contributed by atoms with van der Waals surface area (Å²) in [5.41, 5.74) is 11.9. The van der Waals surface area contributed by atoms with Gasteiger partial charge in [-0.1, -0.05) is 31.2 Å². The van der Waals surface area contributed by atoms with Crippen molar-refractivity contribution < 1.29 is 4.74 Å². The van der Waals surface area contributed by atoms with Crippen LogP contribution in [0, 0.1) is 11.3 Å². The van der Waals surface area contributed by atoms with Gasteiger partial charge in [-0.2, -0.15) is 0 Å². The molecule has 27 heavy (non-hydrogen) atoms. The molecule has 1 aromatic heterocycles. The Labute approximate surface area is 160 Å². The van der Waals surface area contributed by atoms with E-state index in [-0.39, 0.29) is 11.8 Å². The lowest BCUT2D eigenvalue weighted by atomic mass is 9.91. The number of hydrogen-bond acceptors (Lipinski definition) is 2. The van der Waals surface area contributed by atoms with Crippen molar-refractivity contribution in [1.82, 2.24) is 4.98 Å². The fourth-order valence-electron chi connectivity index (χ4n) is 3.95. The molecule has 0 amide bonds. The Morgan fingerprint density at radius 2 is 2.15 bits per heavy atom. The van der Waals surface area contributed by atoms with Crippen molar-refractivity contribution >= 4 is 16.7 Å². The number of H-pyrrole nitrogens is 1. The van der Waals surface area contributed by atoms with Crippen molar-refractivity contribution in [2.45, 2.75) is 38.5 Å². The zero-order chi connectivity index (χ0) is 19.0. The zero-order valence-electron chi connectivity index (χ0n) is 16.0. The van der Waals surface area contributed by atoms with Gasteiger partial charge in [-0.25, -0.2) is 0 Å². The molecule has 0 saturated heterocycles. The molecule has 2 aliphatic carbocycles. The Hall–Kier alpha value is -2.75. The van der Waals surface area contributed by atoms with E-state index in [4.69, 9.17) is 15.9 Å². The number of hydrogen-bond donors (Lipinski definition) is 3. The number of allylic oxidation sites excluding steroid dienone is 5. The largest absolute Gasteiger partial charge is 0.497 e. The minimum absolute atomic E-state index is 0.172. The van der Waals surface area contributed by atoms with Gasteiger partial charge in [-0.05, 0) is 66.4 Å². The molecule has 0 bridgehead atoms. The predicted molar refractivity (Wildman–Crippen MR) is 112 cm³/mol. The molecular formula is C23H27N3O. The first-order valence-corrected chi connectivity index (χ1v) is 9.67. The molecule has 4 heteroatoms. The van der Waals surface area contributed by atoms with Crippen LogP contribution < -0.4 is 10.5 Å². The monoisotopic (exact) mass is 361 g/mol. The SMILES string of the molecule is COc1ccc2c(CC3=C\CC(C)\C(C(=N)N)=C/C=C\3)c(C3CC3)[nH]c2c1. The predicted octanol–water partition coefficient (Wildman–Crippen LogP) is 4.98. The maximum Gasteiger partial charge on any atom is 0.120 e. The summed E-state index contributed by atoms with van der Waals surface area (Å²) in [4.78, 5) is 3.66. The molecule has 4 N–H and O–H groups in total. The summed E-state index contributed by atoms with van der Waals surface area (Å²) in [5, 5.41) is 9.04. The van der Waals surface area contributed by atoms with E-state index >= 15 is 0 Å². The Balaban J connectivity index is 1.69. The third kappa shape index (κ3) is 3.57. The molecule has 0 spiro atoms. The number of nitrogens with one attached hydrogen (secondary N) is 2. The zero-order valence-corrected chi connectivity index (χ0v) is 16.0. The van der Waals surface area contributed by atoms with Crippen molar-refractivity contribution in [3.63, 3.8) is 0 Å². The van der Waals surface area contributed by atoms with Gasteiger partial charge in [0.2, 0.25) is 0 Å². The van der Waals surface area contributed by atoms with E-state index < -0.39 is 0 Å². The average Bonchev–Trinajstić information content (AvgIpc) is 3.42. The van der Waals surface area contributed by atoms with Gasteiger partial charge in [0.05, 0.1) is 7.11 Å². The maximum atomic E-state index is 7.74. The maximum absolute atomic E-state index is 7.74. The van der Waals surface area contributed by atoms with Gasteiger partial charge in [0.15, 0.2) is 0 Å². The van der Waals surface area contributed by atoms with Crippen molar-refractivity contribution in [3.05, 3.63) is 64.9 Å². The number of aromatic amines is 1. The van der Waals surface area contributed by atoms with Gasteiger partial charge < -0.3 is 15.5 Å². The second-order valence-electron chi connectivity index (χ2n) is 7.69. The summed E-state index contributed by atoms with van der Waals surface area (Å²) in [6.45, 7) is 2.13. The summed E-state index contributed by atoms with van der Waals surface area (Å²) >= 11 is 0. The van der Waals surface area contributed by atoms with E-state index in [1.165, 1.54) is 35.1 Å². The summed E-state index contributed by atoms with van der Waals surface area (Å²) in [7, 11) is 1.71. The van der Waals surface area contributed by atoms with Crippen LogP contribution >= 0.6 is 0 Å². The smallest absolute Gasteiger partial charge is 0.120 e. The van der Waals surface area contributed by atoms with Crippen molar-refractivity contribution in [2.75, 3.05) is 7.11 Å². The number of benzene rings is 1. The van der Waals surface area contributed by atoms with E-state index in [0.717, 1.165) is 29.7 Å². The van der Waals surface area contributed by atoms with Crippen LogP contribution in [0.4, 0.5) is 0 Å². The van der Waals surface area contributed by atoms with E-state index in [0.29, 0.717) is 5.92 Å². The Morgan fingerprint density at radius 3 is 2.85 bits per heavy atom. The molecular weight excluding hydrogens is 334 g/mol. The molecule has 1 saturated carbocycles. The van der Waals surface area contributed by atoms with Crippen LogP contribution in [-0.4, -0.2) is 17.9 Å². The van der Waals surface area contributed by atoms with Crippen molar-refractivity contribution in [1.29, 1.82) is 5.41 Å². The number of aromatic nitrogens is 1. The van der Waals surface area contributed by atoms with E-state index in [2.05, 4.69) is 36.2 Å². The summed E-state index contributed by atoms with van der Waals surface area (Å²) in [6, 6.07) is 6.31. The Morgan fingerprint density at radius 1 is 1.33 bits per heavy atom. The Bertz CT molecular complexity index is 973. The number of rotatable bonds is 5. The van der Waals surface area contributed by atoms with Crippen LogP contribution in [0.15, 0.2) is 53.6 Å². The lowest BCUT2D eigenvalue weighted by Crippen LogP contribution is -2.18. The van der Waals surface area contributed by atoms with E-state index in [9.17, 15) is 0 Å². The van der Waals surface area contributed by atoms with Gasteiger partial charge in [-0.3, -0.25) is 5.41 Å². The lowest BCUT2D eigenvalue weighted by molar-refractivity contribution is 0.415. The third-order valence-corrected chi connectivity index (χ3v) is 5.67. The first kappa shape index (κ1) is 17.7. The van der Waals surface area contributed by atoms with Crippen LogP contribution in [-0.2, 0) is 6.42 Å². The highest BCUT2D eigenvalue weighted by Gasteiger charge is 2.29. The third-order valence-electron chi connectivity index (χ3n) is 5.67. The van der Waals surface area contributed by atoms with Gasteiger partial charge in [0, 0.05) is 22.7 Å². The quantitative estimate of drug-likeness (QED) is 0.519. The van der Waals surface area contributed by atoms with Gasteiger partial charge in [0.25, 0.3) is 0 Å². The summed E-state index contributed by atoms with van der Waals surface area (Å²) in [5.74, 6) is 1.99. The molecule has 0 aliphatic heterocycles. The second-order valence-corrected chi connectivity index (χ2v) is 7.69. The molecule has 1 fully saturated rings. The number of fused-ring (bicyclic) bond motifs is 1. The molecule has 2 aliphatic rings. The molecule has 1 aromatic carbocycles. The average molecular weight is 361 g/mol. The van der Waals surface area contributed by atoms with Crippen LogP contribution in [0.5, 0.6) is 5.75 Å². The molecule has 140 valence electrons. The molecule has 4 nitrogen and oxygen atoms in total. The van der Waals surface area contributed by atoms with Gasteiger partial charge >= 0.3 is 0 Å². The second kappa shape index (κ2) is 7.10. The van der Waals surface area contributed by atoms with Gasteiger partial charge in [-0.15, -0.1) is 0 Å². The molecule has 1 atom stereocenters. The number of nitrogens with two attached hydrogens (primary N) is 1. The van der Waals surface area contributed by atoms with E-state index in [1.54, 1.807) is 7.11 Å². The molecule has 1 heterocycles. The van der Waals surface area contributed by atoms with Crippen LogP contribution in [0.3, 0.4) is 0 Å². The van der Waals surface area contributed by atoms with E-state index in [1.807, 2.05) is 18.2 Å². The van der Waals surface area contributed by atoms with Crippen LogP contribution in [0.1, 0.15) is 43.4 Å².